The smallest absolute Gasteiger partial charge is 0.311 e. The van der Waals surface area contributed by atoms with Crippen LogP contribution in [0.4, 0.5) is 5.13 Å². The van der Waals surface area contributed by atoms with Crippen LogP contribution in [0, 0.1) is 0 Å². The van der Waals surface area contributed by atoms with Gasteiger partial charge < -0.3 is 4.74 Å². The molecule has 0 bridgehead atoms. The Morgan fingerprint density at radius 2 is 2.27 bits per heavy atom. The average Bonchev–Trinajstić information content (AvgIpc) is 2.97. The van der Waals surface area contributed by atoms with E-state index in [9.17, 15) is 13.2 Å². The van der Waals surface area contributed by atoms with E-state index in [1.165, 1.54) is 6.07 Å². The molecular weight excluding hydrogens is 436 g/mol. The van der Waals surface area contributed by atoms with E-state index >= 15 is 0 Å². The first kappa shape index (κ1) is 17.7. The molecule has 22 heavy (non-hydrogen) atoms. The zero-order valence-electron chi connectivity index (χ0n) is 11.1. The van der Waals surface area contributed by atoms with Crippen LogP contribution in [0.3, 0.4) is 0 Å². The van der Waals surface area contributed by atoms with Crippen LogP contribution in [0.1, 0.15) is 12.6 Å². The quantitative estimate of drug-likeness (QED) is 0.688. The van der Waals surface area contributed by atoms with Crippen molar-refractivity contribution in [3.8, 4) is 0 Å². The fourth-order valence-electron chi connectivity index (χ4n) is 1.42. The summed E-state index contributed by atoms with van der Waals surface area (Å²) in [6, 6.07) is 1.42. The minimum Gasteiger partial charge on any atom is -0.466 e. The number of ether oxygens (including phenoxy) is 1. The van der Waals surface area contributed by atoms with E-state index in [-0.39, 0.29) is 22.4 Å². The zero-order chi connectivity index (χ0) is 16.3. The van der Waals surface area contributed by atoms with Gasteiger partial charge in [-0.2, -0.15) is 0 Å². The molecule has 0 radical (unpaired) electrons. The number of esters is 1. The van der Waals surface area contributed by atoms with Crippen LogP contribution in [-0.2, 0) is 26.0 Å². The predicted octanol–water partition coefficient (Wildman–Crippen LogP) is 3.53. The predicted molar refractivity (Wildman–Crippen MR) is 90.3 cm³/mol. The molecule has 0 aromatic carbocycles. The van der Waals surface area contributed by atoms with E-state index in [1.54, 1.807) is 12.3 Å². The Labute approximate surface area is 148 Å². The fourth-order valence-corrected chi connectivity index (χ4v) is 5.68. The van der Waals surface area contributed by atoms with Crippen LogP contribution in [0.5, 0.6) is 0 Å². The number of rotatable bonds is 6. The van der Waals surface area contributed by atoms with Crippen molar-refractivity contribution in [2.24, 2.45) is 0 Å². The summed E-state index contributed by atoms with van der Waals surface area (Å²) in [5.74, 6) is -0.406. The molecule has 1 N–H and O–H groups in total. The Hall–Kier alpha value is -0.680. The molecule has 2 rings (SSSR count). The second kappa shape index (κ2) is 7.26. The number of halogens is 2. The Kier molecular flexibility index (Phi) is 5.83. The first-order valence-corrected chi connectivity index (χ1v) is 10.2. The van der Waals surface area contributed by atoms with Crippen LogP contribution < -0.4 is 4.72 Å². The van der Waals surface area contributed by atoms with Crippen molar-refractivity contribution in [1.82, 2.24) is 4.98 Å². The lowest BCUT2D eigenvalue weighted by Crippen LogP contribution is -2.12. The van der Waals surface area contributed by atoms with E-state index < -0.39 is 16.0 Å². The maximum Gasteiger partial charge on any atom is 0.311 e. The first-order chi connectivity index (χ1) is 10.3. The molecule has 0 atom stereocenters. The number of anilines is 1. The molecule has 0 saturated heterocycles. The summed E-state index contributed by atoms with van der Waals surface area (Å²) in [6.07, 6.45) is 0.00243. The second-order valence-corrected chi connectivity index (χ2v) is 9.19. The lowest BCUT2D eigenvalue weighted by atomic mass is 10.3. The molecule has 0 aliphatic carbocycles. The minimum atomic E-state index is -3.75. The number of carbonyl (C=O) groups excluding carboxylic acids is 1. The van der Waals surface area contributed by atoms with Gasteiger partial charge in [0.25, 0.3) is 10.0 Å². The zero-order valence-corrected chi connectivity index (χ0v) is 15.9. The van der Waals surface area contributed by atoms with Gasteiger partial charge in [-0.15, -0.1) is 22.7 Å². The third kappa shape index (κ3) is 4.42. The highest BCUT2D eigenvalue weighted by Gasteiger charge is 2.21. The molecule has 0 aliphatic heterocycles. The van der Waals surface area contributed by atoms with E-state index in [4.69, 9.17) is 16.3 Å². The Balaban J connectivity index is 2.10. The summed E-state index contributed by atoms with van der Waals surface area (Å²) in [6.45, 7) is 2.00. The molecule has 11 heteroatoms. The molecule has 0 aliphatic rings. The standard InChI is InChI=1S/C11H10BrClN2O4S3/c1-2-19-8(16)3-6-5-20-11(14-6)15-22(17,18)9-4-7(12)10(13)21-9/h4-5H,2-3H2,1H3,(H,14,15). The summed E-state index contributed by atoms with van der Waals surface area (Å²) in [5, 5.41) is 1.78. The number of hydrogen-bond donors (Lipinski definition) is 1. The minimum absolute atomic E-state index is 0.00243. The normalized spacial score (nSPS) is 11.4. The summed E-state index contributed by atoms with van der Waals surface area (Å²) in [7, 11) is -3.75. The highest BCUT2D eigenvalue weighted by Crippen LogP contribution is 2.35. The van der Waals surface area contributed by atoms with Gasteiger partial charge in [-0.25, -0.2) is 13.4 Å². The van der Waals surface area contributed by atoms with E-state index in [0.29, 0.717) is 14.5 Å². The van der Waals surface area contributed by atoms with Gasteiger partial charge in [0.2, 0.25) is 0 Å². The fraction of sp³-hybridized carbons (Fsp3) is 0.273. The van der Waals surface area contributed by atoms with Crippen molar-refractivity contribution in [2.45, 2.75) is 17.6 Å². The lowest BCUT2D eigenvalue weighted by Gasteiger charge is -2.01. The topological polar surface area (TPSA) is 85.4 Å². The molecule has 2 heterocycles. The summed E-state index contributed by atoms with van der Waals surface area (Å²) >= 11 is 11.0. The van der Waals surface area contributed by atoms with Crippen molar-refractivity contribution >= 4 is 71.3 Å². The molecule has 6 nitrogen and oxygen atoms in total. The number of aromatic nitrogens is 1. The van der Waals surface area contributed by atoms with Crippen LogP contribution in [0.25, 0.3) is 0 Å². The lowest BCUT2D eigenvalue weighted by molar-refractivity contribution is -0.142. The van der Waals surface area contributed by atoms with E-state index in [1.807, 2.05) is 0 Å². The van der Waals surface area contributed by atoms with Crippen molar-refractivity contribution in [3.63, 3.8) is 0 Å². The summed E-state index contributed by atoms with van der Waals surface area (Å²) in [4.78, 5) is 15.4. The highest BCUT2D eigenvalue weighted by molar-refractivity contribution is 9.10. The molecule has 2 aromatic rings. The molecule has 0 fully saturated rings. The number of thiophene rings is 1. The largest absolute Gasteiger partial charge is 0.466 e. The molecule has 0 amide bonds. The van der Waals surface area contributed by atoms with Gasteiger partial charge in [0, 0.05) is 9.85 Å². The summed E-state index contributed by atoms with van der Waals surface area (Å²) in [5.41, 5.74) is 0.451. The van der Waals surface area contributed by atoms with Gasteiger partial charge in [-0.1, -0.05) is 11.6 Å². The molecule has 0 spiro atoms. The second-order valence-electron chi connectivity index (χ2n) is 3.92. The maximum atomic E-state index is 12.2. The van der Waals surface area contributed by atoms with Crippen molar-refractivity contribution < 1.29 is 17.9 Å². The Morgan fingerprint density at radius 3 is 2.86 bits per heavy atom. The number of nitrogens with one attached hydrogen (secondary N) is 1. The maximum absolute atomic E-state index is 12.2. The van der Waals surface area contributed by atoms with Gasteiger partial charge >= 0.3 is 5.97 Å². The van der Waals surface area contributed by atoms with Crippen molar-refractivity contribution in [1.29, 1.82) is 0 Å². The molecule has 2 aromatic heterocycles. The molecular formula is C11H10BrClN2O4S3. The molecule has 0 unspecified atom stereocenters. The third-order valence-corrected chi connectivity index (χ3v) is 7.51. The van der Waals surface area contributed by atoms with Gasteiger partial charge in [-0.3, -0.25) is 9.52 Å². The van der Waals surface area contributed by atoms with Gasteiger partial charge in [0.15, 0.2) is 5.13 Å². The van der Waals surface area contributed by atoms with Gasteiger partial charge in [0.1, 0.15) is 8.55 Å². The van der Waals surface area contributed by atoms with E-state index in [2.05, 4.69) is 25.6 Å². The van der Waals surface area contributed by atoms with Crippen molar-refractivity contribution in [3.05, 3.63) is 25.9 Å². The summed E-state index contributed by atoms with van der Waals surface area (Å²) < 4.78 is 32.5. The molecule has 120 valence electrons. The van der Waals surface area contributed by atoms with Crippen molar-refractivity contribution in [2.75, 3.05) is 11.3 Å². The van der Waals surface area contributed by atoms with Crippen LogP contribution in [-0.4, -0.2) is 26.0 Å². The number of nitrogens with zero attached hydrogens (tertiary/aromatic N) is 1. The number of carbonyl (C=O) groups is 1. The number of hydrogen-bond acceptors (Lipinski definition) is 7. The number of thiazole rings is 1. The van der Waals surface area contributed by atoms with Crippen LogP contribution in [0.15, 0.2) is 20.1 Å². The Morgan fingerprint density at radius 1 is 1.55 bits per heavy atom. The third-order valence-electron chi connectivity index (χ3n) is 2.29. The van der Waals surface area contributed by atoms with Gasteiger partial charge in [-0.05, 0) is 28.9 Å². The Bertz CT molecular complexity index is 768. The highest BCUT2D eigenvalue weighted by atomic mass is 79.9. The average molecular weight is 446 g/mol. The van der Waals surface area contributed by atoms with Gasteiger partial charge in [0.05, 0.1) is 18.7 Å². The SMILES string of the molecule is CCOC(=O)Cc1csc(NS(=O)(=O)c2cc(Br)c(Cl)s2)n1. The van der Waals surface area contributed by atoms with E-state index in [0.717, 1.165) is 22.7 Å². The van der Waals surface area contributed by atoms with Crippen LogP contribution in [0.2, 0.25) is 4.34 Å². The first-order valence-electron chi connectivity index (χ1n) is 5.89. The monoisotopic (exact) mass is 444 g/mol. The number of sulfonamides is 1. The molecule has 0 saturated carbocycles. The van der Waals surface area contributed by atoms with Crippen LogP contribution >= 0.6 is 50.2 Å².